The Morgan fingerprint density at radius 3 is 1.79 bits per heavy atom. The molecule has 0 spiro atoms. The van der Waals surface area contributed by atoms with Crippen molar-refractivity contribution >= 4 is 5.97 Å². The second-order valence-electron chi connectivity index (χ2n) is 8.94. The smallest absolute Gasteiger partial charge is 0.311 e. The molecule has 0 aromatic heterocycles. The Bertz CT molecular complexity index is 385. The second-order valence-corrected chi connectivity index (χ2v) is 8.94. The van der Waals surface area contributed by atoms with E-state index in [4.69, 9.17) is 28.4 Å². The van der Waals surface area contributed by atoms with Gasteiger partial charge in [-0.15, -0.1) is 0 Å². The molecule has 0 aliphatic rings. The first-order valence-electron chi connectivity index (χ1n) is 10.1. The van der Waals surface area contributed by atoms with Crippen LogP contribution in [0.25, 0.3) is 0 Å². The minimum Gasteiger partial charge on any atom is -0.463 e. The summed E-state index contributed by atoms with van der Waals surface area (Å²) in [4.78, 5) is 11.8. The molecule has 0 amide bonds. The largest absolute Gasteiger partial charge is 0.463 e. The van der Waals surface area contributed by atoms with Crippen molar-refractivity contribution in [2.24, 2.45) is 10.8 Å². The summed E-state index contributed by atoms with van der Waals surface area (Å²) in [7, 11) is 1.65. The van der Waals surface area contributed by atoms with Gasteiger partial charge >= 0.3 is 5.97 Å². The monoisotopic (exact) mass is 406 g/mol. The maximum atomic E-state index is 11.8. The lowest BCUT2D eigenvalue weighted by molar-refractivity contribution is -0.155. The van der Waals surface area contributed by atoms with E-state index in [1.807, 2.05) is 20.8 Å². The molecule has 0 saturated heterocycles. The van der Waals surface area contributed by atoms with E-state index in [2.05, 4.69) is 20.8 Å². The summed E-state index contributed by atoms with van der Waals surface area (Å²) in [6.45, 7) is 16.4. The maximum absolute atomic E-state index is 11.8. The van der Waals surface area contributed by atoms with Crippen LogP contribution in [0.4, 0.5) is 0 Å². The molecule has 168 valence electrons. The zero-order valence-electron chi connectivity index (χ0n) is 19.0. The molecular formula is C21H42O7. The lowest BCUT2D eigenvalue weighted by Crippen LogP contribution is -2.29. The third-order valence-electron chi connectivity index (χ3n) is 3.60. The number of carbonyl (C=O) groups excluding carboxylic acids is 1. The Kier molecular flexibility index (Phi) is 14.8. The fourth-order valence-electron chi connectivity index (χ4n) is 2.21. The number of methoxy groups -OCH3 is 1. The number of carbonyl (C=O) groups is 1. The number of hydrogen-bond acceptors (Lipinski definition) is 7. The van der Waals surface area contributed by atoms with Crippen LogP contribution >= 0.6 is 0 Å². The molecule has 0 aliphatic heterocycles. The van der Waals surface area contributed by atoms with E-state index in [0.29, 0.717) is 52.9 Å². The highest BCUT2D eigenvalue weighted by Crippen LogP contribution is 2.22. The normalized spacial score (nSPS) is 13.5. The van der Waals surface area contributed by atoms with E-state index in [9.17, 15) is 4.79 Å². The fourth-order valence-corrected chi connectivity index (χ4v) is 2.21. The summed E-state index contributed by atoms with van der Waals surface area (Å²) in [6.07, 6.45) is 0.805. The molecular weight excluding hydrogens is 364 g/mol. The number of esters is 1. The fraction of sp³-hybridized carbons (Fsp3) is 0.952. The molecule has 0 bridgehead atoms. The number of ether oxygens (including phenoxy) is 6. The van der Waals surface area contributed by atoms with Crippen LogP contribution in [0.15, 0.2) is 0 Å². The highest BCUT2D eigenvalue weighted by molar-refractivity contribution is 5.75. The van der Waals surface area contributed by atoms with Crippen molar-refractivity contribution in [3.8, 4) is 0 Å². The van der Waals surface area contributed by atoms with Gasteiger partial charge in [-0.25, -0.2) is 0 Å². The Balaban J connectivity index is 3.93. The Morgan fingerprint density at radius 1 is 0.750 bits per heavy atom. The average Bonchev–Trinajstić information content (AvgIpc) is 2.57. The lowest BCUT2D eigenvalue weighted by Gasteiger charge is -2.26. The summed E-state index contributed by atoms with van der Waals surface area (Å²) < 4.78 is 32.5. The van der Waals surface area contributed by atoms with E-state index < -0.39 is 5.41 Å². The third-order valence-corrected chi connectivity index (χ3v) is 3.60. The van der Waals surface area contributed by atoms with Gasteiger partial charge in [0.15, 0.2) is 0 Å². The van der Waals surface area contributed by atoms with Crippen molar-refractivity contribution in [2.75, 3.05) is 66.6 Å². The van der Waals surface area contributed by atoms with Crippen molar-refractivity contribution in [3.05, 3.63) is 0 Å². The van der Waals surface area contributed by atoms with Gasteiger partial charge in [0.05, 0.1) is 64.4 Å². The highest BCUT2D eigenvalue weighted by Gasteiger charge is 2.23. The molecule has 0 aromatic rings. The van der Waals surface area contributed by atoms with Crippen LogP contribution in [-0.4, -0.2) is 78.6 Å². The first kappa shape index (κ1) is 27.3. The SMILES string of the molecule is COCCOCCOCCOCC(CC(C)(C)C)OCCOC(=O)C(C)(C)C. The standard InChI is InChI=1S/C21H42O7/c1-20(2,3)16-18(27-14-15-28-19(22)21(4,5)6)17-26-13-12-25-11-10-24-9-8-23-7/h18H,8-17H2,1-7H3. The first-order chi connectivity index (χ1) is 13.1. The Hall–Kier alpha value is -0.730. The van der Waals surface area contributed by atoms with Crippen LogP contribution in [0.3, 0.4) is 0 Å². The average molecular weight is 407 g/mol. The van der Waals surface area contributed by atoms with Gasteiger partial charge in [-0.3, -0.25) is 4.79 Å². The molecule has 0 aliphatic carbocycles. The number of rotatable bonds is 16. The molecule has 1 unspecified atom stereocenters. The zero-order valence-corrected chi connectivity index (χ0v) is 19.0. The lowest BCUT2D eigenvalue weighted by atomic mass is 9.89. The molecule has 0 rings (SSSR count). The van der Waals surface area contributed by atoms with Gasteiger partial charge in [0, 0.05) is 7.11 Å². The minimum atomic E-state index is -0.497. The molecule has 7 nitrogen and oxygen atoms in total. The van der Waals surface area contributed by atoms with Crippen molar-refractivity contribution in [1.82, 2.24) is 0 Å². The molecule has 0 aromatic carbocycles. The molecule has 0 saturated carbocycles. The third kappa shape index (κ3) is 17.4. The van der Waals surface area contributed by atoms with E-state index in [1.54, 1.807) is 7.11 Å². The van der Waals surface area contributed by atoms with Crippen LogP contribution in [0.2, 0.25) is 0 Å². The van der Waals surface area contributed by atoms with Gasteiger partial charge in [-0.1, -0.05) is 20.8 Å². The van der Waals surface area contributed by atoms with Gasteiger partial charge in [-0.2, -0.15) is 0 Å². The van der Waals surface area contributed by atoms with Crippen LogP contribution in [0.5, 0.6) is 0 Å². The second kappa shape index (κ2) is 15.2. The van der Waals surface area contributed by atoms with Crippen molar-refractivity contribution in [2.45, 2.75) is 54.1 Å². The molecule has 0 fully saturated rings. The van der Waals surface area contributed by atoms with Gasteiger partial charge < -0.3 is 28.4 Å². The summed E-state index contributed by atoms with van der Waals surface area (Å²) in [6, 6.07) is 0. The highest BCUT2D eigenvalue weighted by atomic mass is 16.6. The predicted molar refractivity (Wildman–Crippen MR) is 109 cm³/mol. The molecule has 7 heteroatoms. The van der Waals surface area contributed by atoms with E-state index in [1.165, 1.54) is 0 Å². The van der Waals surface area contributed by atoms with Crippen LogP contribution in [0, 0.1) is 10.8 Å². The van der Waals surface area contributed by atoms with Crippen molar-refractivity contribution in [3.63, 3.8) is 0 Å². The topological polar surface area (TPSA) is 72.5 Å². The molecule has 0 N–H and O–H groups in total. The Labute approximate surface area is 171 Å². The van der Waals surface area contributed by atoms with Gasteiger partial charge in [-0.05, 0) is 32.6 Å². The summed E-state index contributed by atoms with van der Waals surface area (Å²) >= 11 is 0. The first-order valence-corrected chi connectivity index (χ1v) is 10.1. The molecule has 28 heavy (non-hydrogen) atoms. The molecule has 1 atom stereocenters. The van der Waals surface area contributed by atoms with Crippen LogP contribution < -0.4 is 0 Å². The summed E-state index contributed by atoms with van der Waals surface area (Å²) in [5.74, 6) is -0.219. The molecule has 0 heterocycles. The van der Waals surface area contributed by atoms with Crippen LogP contribution in [-0.2, 0) is 33.2 Å². The zero-order chi connectivity index (χ0) is 21.5. The van der Waals surface area contributed by atoms with Crippen LogP contribution in [0.1, 0.15) is 48.0 Å². The van der Waals surface area contributed by atoms with Gasteiger partial charge in [0.1, 0.15) is 6.61 Å². The summed E-state index contributed by atoms with van der Waals surface area (Å²) in [5, 5.41) is 0. The van der Waals surface area contributed by atoms with Crippen molar-refractivity contribution in [1.29, 1.82) is 0 Å². The van der Waals surface area contributed by atoms with Gasteiger partial charge in [0.2, 0.25) is 0 Å². The minimum absolute atomic E-state index is 0.0503. The summed E-state index contributed by atoms with van der Waals surface area (Å²) in [5.41, 5.74) is -0.380. The quantitative estimate of drug-likeness (QED) is 0.288. The van der Waals surface area contributed by atoms with E-state index >= 15 is 0 Å². The Morgan fingerprint density at radius 2 is 1.29 bits per heavy atom. The van der Waals surface area contributed by atoms with E-state index in [-0.39, 0.29) is 24.1 Å². The van der Waals surface area contributed by atoms with Gasteiger partial charge in [0.25, 0.3) is 0 Å². The number of hydrogen-bond donors (Lipinski definition) is 0. The predicted octanol–water partition coefficient (Wildman–Crippen LogP) is 3.09. The maximum Gasteiger partial charge on any atom is 0.311 e. The molecule has 0 radical (unpaired) electrons. The van der Waals surface area contributed by atoms with Crippen molar-refractivity contribution < 1.29 is 33.2 Å². The van der Waals surface area contributed by atoms with E-state index in [0.717, 1.165) is 6.42 Å².